The largest absolute Gasteiger partial charge is 0.342 e. The molecule has 0 aromatic heterocycles. The fraction of sp³-hybridized carbons (Fsp3) is 0.350. The molecule has 3 rings (SSSR count). The minimum absolute atomic E-state index is 0.0199. The maximum atomic E-state index is 13.3. The number of benzene rings is 2. The van der Waals surface area contributed by atoms with Crippen LogP contribution in [0.1, 0.15) is 24.8 Å². The molecule has 1 fully saturated rings. The Morgan fingerprint density at radius 2 is 1.69 bits per heavy atom. The number of rotatable bonds is 6. The maximum Gasteiger partial charge on any atom is 0.243 e. The number of piperidine rings is 1. The maximum absolute atomic E-state index is 13.3. The molecule has 1 aliphatic rings. The monoisotopic (exact) mass is 518 g/mol. The molecule has 9 heteroatoms. The van der Waals surface area contributed by atoms with Gasteiger partial charge >= 0.3 is 0 Å². The van der Waals surface area contributed by atoms with Gasteiger partial charge in [0.2, 0.25) is 15.9 Å². The Balaban J connectivity index is 1.91. The van der Waals surface area contributed by atoms with Crippen LogP contribution in [0, 0.1) is 0 Å². The molecule has 1 heterocycles. The summed E-state index contributed by atoms with van der Waals surface area (Å²) >= 11 is 15.5. The molecule has 2 aromatic carbocycles. The van der Waals surface area contributed by atoms with Gasteiger partial charge in [-0.3, -0.25) is 4.79 Å². The Bertz CT molecular complexity index is 978. The Kier molecular flexibility index (Phi) is 7.62. The molecule has 2 aromatic rings. The van der Waals surface area contributed by atoms with E-state index < -0.39 is 10.0 Å². The van der Waals surface area contributed by atoms with Gasteiger partial charge in [-0.25, -0.2) is 8.42 Å². The van der Waals surface area contributed by atoms with Crippen LogP contribution in [-0.4, -0.2) is 43.2 Å². The third-order valence-corrected chi connectivity index (χ3v) is 7.76. The highest BCUT2D eigenvalue weighted by Crippen LogP contribution is 2.26. The van der Waals surface area contributed by atoms with Crippen LogP contribution in [0.25, 0.3) is 0 Å². The van der Waals surface area contributed by atoms with Crippen LogP contribution in [0.5, 0.6) is 0 Å². The molecule has 0 atom stereocenters. The summed E-state index contributed by atoms with van der Waals surface area (Å²) in [7, 11) is -3.90. The van der Waals surface area contributed by atoms with Crippen molar-refractivity contribution in [2.45, 2.75) is 30.7 Å². The molecule has 0 unspecified atom stereocenters. The molecule has 1 aliphatic heterocycles. The standard InChI is InChI=1S/C20H21BrCl2N2O3S/c21-16-5-8-18(9-6-16)29(27,28)25(13-15-4-7-17(22)12-19(15)23)14-20(26)24-10-2-1-3-11-24/h4-9,12H,1-3,10-11,13-14H2. The van der Waals surface area contributed by atoms with Gasteiger partial charge in [-0.2, -0.15) is 4.31 Å². The van der Waals surface area contributed by atoms with Crippen molar-refractivity contribution in [2.75, 3.05) is 19.6 Å². The quantitative estimate of drug-likeness (QED) is 0.542. The molecule has 0 saturated carbocycles. The molecule has 0 bridgehead atoms. The number of nitrogens with zero attached hydrogens (tertiary/aromatic N) is 2. The number of carbonyl (C=O) groups excluding carboxylic acids is 1. The lowest BCUT2D eigenvalue weighted by Gasteiger charge is -2.30. The van der Waals surface area contributed by atoms with Gasteiger partial charge in [0.15, 0.2) is 0 Å². The first-order valence-corrected chi connectivity index (χ1v) is 12.2. The van der Waals surface area contributed by atoms with E-state index in [9.17, 15) is 13.2 Å². The predicted molar refractivity (Wildman–Crippen MR) is 119 cm³/mol. The van der Waals surface area contributed by atoms with E-state index in [-0.39, 0.29) is 23.9 Å². The van der Waals surface area contributed by atoms with E-state index in [1.54, 1.807) is 35.2 Å². The first-order valence-electron chi connectivity index (χ1n) is 9.25. The molecular weight excluding hydrogens is 499 g/mol. The number of likely N-dealkylation sites (tertiary alicyclic amines) is 1. The van der Waals surface area contributed by atoms with Crippen molar-refractivity contribution >= 4 is 55.1 Å². The Morgan fingerprint density at radius 3 is 2.31 bits per heavy atom. The van der Waals surface area contributed by atoms with Crippen LogP contribution >= 0.6 is 39.1 Å². The lowest BCUT2D eigenvalue weighted by molar-refractivity contribution is -0.132. The van der Waals surface area contributed by atoms with Crippen LogP contribution in [0.15, 0.2) is 51.8 Å². The SMILES string of the molecule is O=C(CN(Cc1ccc(Cl)cc1Cl)S(=O)(=O)c1ccc(Br)cc1)N1CCCCC1. The number of carbonyl (C=O) groups is 1. The summed E-state index contributed by atoms with van der Waals surface area (Å²) in [5.41, 5.74) is 0.586. The van der Waals surface area contributed by atoms with Gasteiger partial charge in [0.1, 0.15) is 0 Å². The first-order chi connectivity index (χ1) is 13.8. The molecule has 1 amide bonds. The zero-order chi connectivity index (χ0) is 21.0. The van der Waals surface area contributed by atoms with Gasteiger partial charge in [-0.1, -0.05) is 45.2 Å². The number of sulfonamides is 1. The van der Waals surface area contributed by atoms with Crippen LogP contribution in [0.4, 0.5) is 0 Å². The van der Waals surface area contributed by atoms with Gasteiger partial charge < -0.3 is 4.90 Å². The highest BCUT2D eigenvalue weighted by Gasteiger charge is 2.29. The topological polar surface area (TPSA) is 57.7 Å². The zero-order valence-corrected chi connectivity index (χ0v) is 19.6. The molecule has 0 spiro atoms. The van der Waals surface area contributed by atoms with E-state index in [0.717, 1.165) is 23.7 Å². The number of amides is 1. The van der Waals surface area contributed by atoms with E-state index in [2.05, 4.69) is 15.9 Å². The highest BCUT2D eigenvalue weighted by molar-refractivity contribution is 9.10. The van der Waals surface area contributed by atoms with Gasteiger partial charge in [-0.15, -0.1) is 0 Å². The fourth-order valence-electron chi connectivity index (χ4n) is 3.22. The van der Waals surface area contributed by atoms with E-state index in [4.69, 9.17) is 23.2 Å². The average molecular weight is 520 g/mol. The van der Waals surface area contributed by atoms with Gasteiger partial charge in [0, 0.05) is 34.2 Å². The lowest BCUT2D eigenvalue weighted by Crippen LogP contribution is -2.44. The third-order valence-electron chi connectivity index (χ3n) is 4.83. The summed E-state index contributed by atoms with van der Waals surface area (Å²) in [5.74, 6) is -0.199. The van der Waals surface area contributed by atoms with Crippen LogP contribution < -0.4 is 0 Å². The number of halogens is 3. The molecule has 156 valence electrons. The van der Waals surface area contributed by atoms with Gasteiger partial charge in [-0.05, 0) is 61.2 Å². The summed E-state index contributed by atoms with van der Waals surface area (Å²) in [6, 6.07) is 11.2. The van der Waals surface area contributed by atoms with Crippen molar-refractivity contribution in [1.29, 1.82) is 0 Å². The summed E-state index contributed by atoms with van der Waals surface area (Å²) in [6.45, 7) is 1.06. The zero-order valence-electron chi connectivity index (χ0n) is 15.7. The minimum Gasteiger partial charge on any atom is -0.342 e. The van der Waals surface area contributed by atoms with Gasteiger partial charge in [0.25, 0.3) is 0 Å². The van der Waals surface area contributed by atoms with E-state index in [1.807, 2.05) is 0 Å². The van der Waals surface area contributed by atoms with Crippen molar-refractivity contribution < 1.29 is 13.2 Å². The van der Waals surface area contributed by atoms with E-state index in [1.165, 1.54) is 16.4 Å². The Morgan fingerprint density at radius 1 is 1.03 bits per heavy atom. The minimum atomic E-state index is -3.90. The Hall–Kier alpha value is -1.12. The Labute approximate surface area is 189 Å². The number of hydrogen-bond acceptors (Lipinski definition) is 3. The number of hydrogen-bond donors (Lipinski definition) is 0. The molecular formula is C20H21BrCl2N2O3S. The second-order valence-electron chi connectivity index (χ2n) is 6.90. The fourth-order valence-corrected chi connectivity index (χ4v) is 5.32. The molecule has 5 nitrogen and oxygen atoms in total. The van der Waals surface area contributed by atoms with Crippen LogP contribution in [0.3, 0.4) is 0 Å². The smallest absolute Gasteiger partial charge is 0.243 e. The molecule has 29 heavy (non-hydrogen) atoms. The first kappa shape index (κ1) is 22.6. The van der Waals surface area contributed by atoms with Gasteiger partial charge in [0.05, 0.1) is 11.4 Å². The lowest BCUT2D eigenvalue weighted by atomic mass is 10.1. The molecule has 0 radical (unpaired) electrons. The van der Waals surface area contributed by atoms with Crippen molar-refractivity contribution in [3.63, 3.8) is 0 Å². The van der Waals surface area contributed by atoms with E-state index in [0.29, 0.717) is 28.7 Å². The summed E-state index contributed by atoms with van der Waals surface area (Å²) in [6.07, 6.45) is 2.97. The molecule has 1 saturated heterocycles. The normalized spacial score (nSPS) is 15.0. The van der Waals surface area contributed by atoms with Crippen molar-refractivity contribution in [1.82, 2.24) is 9.21 Å². The summed E-state index contributed by atoms with van der Waals surface area (Å²) in [5, 5.41) is 0.824. The average Bonchev–Trinajstić information content (AvgIpc) is 2.70. The molecule has 0 N–H and O–H groups in total. The highest BCUT2D eigenvalue weighted by atomic mass is 79.9. The van der Waals surface area contributed by atoms with Crippen molar-refractivity contribution in [2.24, 2.45) is 0 Å². The van der Waals surface area contributed by atoms with Crippen LogP contribution in [0.2, 0.25) is 10.0 Å². The van der Waals surface area contributed by atoms with Crippen LogP contribution in [-0.2, 0) is 21.4 Å². The second kappa shape index (κ2) is 9.79. The van der Waals surface area contributed by atoms with E-state index >= 15 is 0 Å². The third kappa shape index (κ3) is 5.73. The van der Waals surface area contributed by atoms with Crippen molar-refractivity contribution in [3.05, 3.63) is 62.5 Å². The second-order valence-corrected chi connectivity index (χ2v) is 10.6. The summed E-state index contributed by atoms with van der Waals surface area (Å²) in [4.78, 5) is 14.7. The summed E-state index contributed by atoms with van der Waals surface area (Å²) < 4.78 is 28.6. The molecule has 0 aliphatic carbocycles. The van der Waals surface area contributed by atoms with Crippen molar-refractivity contribution in [3.8, 4) is 0 Å². The predicted octanol–water partition coefficient (Wildman–Crippen LogP) is 4.96.